The largest absolute Gasteiger partial charge is 0.490 e. The minimum atomic E-state index is -0.425. The summed E-state index contributed by atoms with van der Waals surface area (Å²) in [6.45, 7) is 5.61. The average Bonchev–Trinajstić information content (AvgIpc) is 2.52. The van der Waals surface area contributed by atoms with Crippen molar-refractivity contribution in [2.45, 2.75) is 20.4 Å². The maximum Gasteiger partial charge on any atom is 0.174 e. The van der Waals surface area contributed by atoms with Crippen LogP contribution in [0.2, 0.25) is 5.02 Å². The van der Waals surface area contributed by atoms with Crippen molar-refractivity contribution in [2.24, 2.45) is 0 Å². The molecule has 2 aromatic rings. The third kappa shape index (κ3) is 4.88. The molecule has 0 aliphatic heterocycles. The van der Waals surface area contributed by atoms with Crippen LogP contribution in [0, 0.1) is 9.39 Å². The van der Waals surface area contributed by atoms with E-state index in [9.17, 15) is 4.39 Å². The first-order valence-electron chi connectivity index (χ1n) is 7.32. The van der Waals surface area contributed by atoms with E-state index in [4.69, 9.17) is 21.1 Å². The van der Waals surface area contributed by atoms with Gasteiger partial charge in [0.1, 0.15) is 5.82 Å². The molecule has 0 aliphatic carbocycles. The third-order valence-electron chi connectivity index (χ3n) is 3.07. The van der Waals surface area contributed by atoms with Gasteiger partial charge in [0.25, 0.3) is 0 Å². The van der Waals surface area contributed by atoms with Crippen molar-refractivity contribution < 1.29 is 13.9 Å². The molecule has 0 heterocycles. The summed E-state index contributed by atoms with van der Waals surface area (Å²) in [4.78, 5) is 0. The van der Waals surface area contributed by atoms with E-state index >= 15 is 0 Å². The Bertz CT molecular complexity index is 682. The maximum atomic E-state index is 13.2. The van der Waals surface area contributed by atoms with E-state index in [0.717, 1.165) is 26.3 Å². The van der Waals surface area contributed by atoms with Crippen LogP contribution in [0.25, 0.3) is 0 Å². The minimum Gasteiger partial charge on any atom is -0.490 e. The van der Waals surface area contributed by atoms with Gasteiger partial charge in [-0.15, -0.1) is 0 Å². The second kappa shape index (κ2) is 8.59. The summed E-state index contributed by atoms with van der Waals surface area (Å²) in [6, 6.07) is 8.56. The second-order valence-electron chi connectivity index (χ2n) is 4.75. The maximum absolute atomic E-state index is 13.2. The lowest BCUT2D eigenvalue weighted by molar-refractivity contribution is 0.286. The summed E-state index contributed by atoms with van der Waals surface area (Å²) in [7, 11) is 0. The molecule has 0 saturated heterocycles. The summed E-state index contributed by atoms with van der Waals surface area (Å²) < 4.78 is 25.5. The van der Waals surface area contributed by atoms with Crippen LogP contribution in [0.5, 0.6) is 11.5 Å². The van der Waals surface area contributed by atoms with Gasteiger partial charge in [0.2, 0.25) is 0 Å². The molecule has 0 radical (unpaired) electrons. The molecule has 0 fully saturated rings. The summed E-state index contributed by atoms with van der Waals surface area (Å²) in [6.07, 6.45) is 0. The molecule has 0 unspecified atom stereocenters. The van der Waals surface area contributed by atoms with E-state index in [0.29, 0.717) is 19.8 Å². The zero-order chi connectivity index (χ0) is 16.8. The summed E-state index contributed by atoms with van der Waals surface area (Å²) in [5, 5.41) is 3.33. The van der Waals surface area contributed by atoms with Gasteiger partial charge in [-0.1, -0.05) is 11.6 Å². The van der Waals surface area contributed by atoms with Crippen molar-refractivity contribution in [1.29, 1.82) is 0 Å². The molecule has 2 aromatic carbocycles. The highest BCUT2D eigenvalue weighted by Crippen LogP contribution is 2.34. The van der Waals surface area contributed by atoms with E-state index in [-0.39, 0.29) is 5.02 Å². The predicted octanol–water partition coefficient (Wildman–Crippen LogP) is 5.49. The Morgan fingerprint density at radius 3 is 2.52 bits per heavy atom. The number of rotatable bonds is 7. The zero-order valence-corrected chi connectivity index (χ0v) is 15.9. The van der Waals surface area contributed by atoms with Gasteiger partial charge in [-0.05, 0) is 72.3 Å². The smallest absolute Gasteiger partial charge is 0.174 e. The summed E-state index contributed by atoms with van der Waals surface area (Å²) in [5.74, 6) is 1.07. The number of nitrogens with one attached hydrogen (secondary N) is 1. The van der Waals surface area contributed by atoms with Gasteiger partial charge >= 0.3 is 0 Å². The molecule has 6 heteroatoms. The Morgan fingerprint density at radius 2 is 1.87 bits per heavy atom. The van der Waals surface area contributed by atoms with Crippen LogP contribution in [0.4, 0.5) is 10.1 Å². The van der Waals surface area contributed by atoms with Crippen LogP contribution in [-0.2, 0) is 6.54 Å². The highest BCUT2D eigenvalue weighted by Gasteiger charge is 2.12. The first-order valence-corrected chi connectivity index (χ1v) is 8.77. The number of anilines is 1. The van der Waals surface area contributed by atoms with E-state index < -0.39 is 5.82 Å². The molecule has 0 saturated carbocycles. The van der Waals surface area contributed by atoms with Crippen molar-refractivity contribution in [1.82, 2.24) is 0 Å². The molecule has 0 aliphatic rings. The van der Waals surface area contributed by atoms with Gasteiger partial charge < -0.3 is 14.8 Å². The fraction of sp³-hybridized carbons (Fsp3) is 0.294. The fourth-order valence-electron chi connectivity index (χ4n) is 2.08. The topological polar surface area (TPSA) is 30.5 Å². The Labute approximate surface area is 154 Å². The molecule has 0 atom stereocenters. The van der Waals surface area contributed by atoms with Crippen molar-refractivity contribution in [3.8, 4) is 11.5 Å². The normalized spacial score (nSPS) is 10.5. The molecule has 2 rings (SSSR count). The molecular weight excluding hydrogens is 432 g/mol. The molecule has 23 heavy (non-hydrogen) atoms. The Morgan fingerprint density at radius 1 is 1.13 bits per heavy atom. The predicted molar refractivity (Wildman–Crippen MR) is 100 cm³/mol. The highest BCUT2D eigenvalue weighted by atomic mass is 127. The summed E-state index contributed by atoms with van der Waals surface area (Å²) >= 11 is 8.03. The van der Waals surface area contributed by atoms with Crippen LogP contribution in [-0.4, -0.2) is 13.2 Å². The lowest BCUT2D eigenvalue weighted by Crippen LogP contribution is -2.04. The summed E-state index contributed by atoms with van der Waals surface area (Å²) in [5.41, 5.74) is 1.81. The van der Waals surface area contributed by atoms with E-state index in [1.807, 2.05) is 26.0 Å². The molecule has 0 aromatic heterocycles. The van der Waals surface area contributed by atoms with Gasteiger partial charge in [-0.25, -0.2) is 4.39 Å². The monoisotopic (exact) mass is 449 g/mol. The first kappa shape index (κ1) is 18.1. The molecule has 3 nitrogen and oxygen atoms in total. The van der Waals surface area contributed by atoms with Crippen molar-refractivity contribution in [3.63, 3.8) is 0 Å². The van der Waals surface area contributed by atoms with Crippen LogP contribution in [0.3, 0.4) is 0 Å². The standard InChI is InChI=1S/C17H18ClFINO2/c1-3-22-16-8-11(7-15(20)17(16)23-4-2)10-21-12-5-6-14(19)13(18)9-12/h5-9,21H,3-4,10H2,1-2H3. The molecule has 0 bridgehead atoms. The molecule has 1 N–H and O–H groups in total. The Hall–Kier alpha value is -1.21. The average molecular weight is 450 g/mol. The van der Waals surface area contributed by atoms with E-state index in [2.05, 4.69) is 27.9 Å². The van der Waals surface area contributed by atoms with Gasteiger partial charge in [0, 0.05) is 12.2 Å². The van der Waals surface area contributed by atoms with Gasteiger partial charge in [-0.3, -0.25) is 0 Å². The molecule has 124 valence electrons. The van der Waals surface area contributed by atoms with Crippen LogP contribution < -0.4 is 14.8 Å². The quantitative estimate of drug-likeness (QED) is 0.567. The van der Waals surface area contributed by atoms with Gasteiger partial charge in [-0.2, -0.15) is 0 Å². The lowest BCUT2D eigenvalue weighted by Gasteiger charge is -2.15. The third-order valence-corrected chi connectivity index (χ3v) is 4.17. The highest BCUT2D eigenvalue weighted by molar-refractivity contribution is 14.1. The molecule has 0 amide bonds. The van der Waals surface area contributed by atoms with Crippen LogP contribution in [0.15, 0.2) is 30.3 Å². The van der Waals surface area contributed by atoms with Crippen molar-refractivity contribution >= 4 is 39.9 Å². The van der Waals surface area contributed by atoms with Crippen LogP contribution in [0.1, 0.15) is 19.4 Å². The minimum absolute atomic E-state index is 0.103. The SMILES string of the molecule is CCOc1cc(CNc2ccc(F)c(Cl)c2)cc(I)c1OCC. The number of hydrogen-bond acceptors (Lipinski definition) is 3. The van der Waals surface area contributed by atoms with Crippen LogP contribution >= 0.6 is 34.2 Å². The zero-order valence-electron chi connectivity index (χ0n) is 13.0. The second-order valence-corrected chi connectivity index (χ2v) is 6.32. The van der Waals surface area contributed by atoms with Crippen molar-refractivity contribution in [3.05, 3.63) is 50.3 Å². The number of ether oxygens (including phenoxy) is 2. The Kier molecular flexibility index (Phi) is 6.77. The number of benzene rings is 2. The van der Waals surface area contributed by atoms with E-state index in [1.165, 1.54) is 6.07 Å². The molecule has 0 spiro atoms. The fourth-order valence-corrected chi connectivity index (χ4v) is 3.08. The number of halogens is 3. The number of hydrogen-bond donors (Lipinski definition) is 1. The van der Waals surface area contributed by atoms with Gasteiger partial charge in [0.05, 0.1) is 21.8 Å². The lowest BCUT2D eigenvalue weighted by atomic mass is 10.2. The van der Waals surface area contributed by atoms with E-state index in [1.54, 1.807) is 12.1 Å². The molecular formula is C17H18ClFINO2. The Balaban J connectivity index is 2.17. The van der Waals surface area contributed by atoms with Gasteiger partial charge in [0.15, 0.2) is 11.5 Å². The van der Waals surface area contributed by atoms with Crippen molar-refractivity contribution in [2.75, 3.05) is 18.5 Å². The first-order chi connectivity index (χ1) is 11.0.